The molecule has 1 aliphatic rings. The maximum atomic E-state index is 11.5. The Balaban J connectivity index is 2.43. The van der Waals surface area contributed by atoms with E-state index < -0.39 is 0 Å². The first kappa shape index (κ1) is 9.21. The van der Waals surface area contributed by atoms with E-state index in [9.17, 15) is 4.79 Å². The normalized spacial score (nSPS) is 15.9. The van der Waals surface area contributed by atoms with Gasteiger partial charge in [0.2, 0.25) is 0 Å². The van der Waals surface area contributed by atoms with Crippen LogP contribution in [0.5, 0.6) is 5.75 Å². The molecule has 3 nitrogen and oxygen atoms in total. The highest BCUT2D eigenvalue weighted by atomic mass is 16.5. The molecule has 0 saturated carbocycles. The third-order valence-electron chi connectivity index (χ3n) is 2.36. The Labute approximate surface area is 82.6 Å². The molecule has 1 heterocycles. The topological polar surface area (TPSA) is 35.5 Å². The second-order valence-corrected chi connectivity index (χ2v) is 3.25. The van der Waals surface area contributed by atoms with Crippen LogP contribution in [-0.4, -0.2) is 26.1 Å². The minimum Gasteiger partial charge on any atom is -0.497 e. The van der Waals surface area contributed by atoms with E-state index >= 15 is 0 Å². The number of ketones is 1. The Kier molecular flexibility index (Phi) is 2.50. The smallest absolute Gasteiger partial charge is 0.188 e. The molecule has 1 aliphatic heterocycles. The number of rotatable bonds is 1. The van der Waals surface area contributed by atoms with Crippen molar-refractivity contribution in [2.75, 3.05) is 20.3 Å². The van der Waals surface area contributed by atoms with E-state index in [4.69, 9.17) is 9.47 Å². The van der Waals surface area contributed by atoms with Crippen LogP contribution in [0.15, 0.2) is 18.2 Å². The summed E-state index contributed by atoms with van der Waals surface area (Å²) < 4.78 is 10.3. The summed E-state index contributed by atoms with van der Waals surface area (Å²) in [6.07, 6.45) is 0.776. The van der Waals surface area contributed by atoms with Crippen molar-refractivity contribution in [3.63, 3.8) is 0 Å². The molecule has 0 N–H and O–H groups in total. The summed E-state index contributed by atoms with van der Waals surface area (Å²) in [6, 6.07) is 5.52. The molecule has 74 valence electrons. The summed E-state index contributed by atoms with van der Waals surface area (Å²) >= 11 is 0. The SMILES string of the molecule is COc1ccc2c(c1)CCOCC2=O. The maximum Gasteiger partial charge on any atom is 0.188 e. The molecule has 1 aromatic rings. The number of benzene rings is 1. The number of carbonyl (C=O) groups excluding carboxylic acids is 1. The fraction of sp³-hybridized carbons (Fsp3) is 0.364. The van der Waals surface area contributed by atoms with Crippen LogP contribution < -0.4 is 4.74 Å². The van der Waals surface area contributed by atoms with Crippen molar-refractivity contribution in [1.29, 1.82) is 0 Å². The van der Waals surface area contributed by atoms with Gasteiger partial charge in [0, 0.05) is 5.56 Å². The predicted molar refractivity (Wildman–Crippen MR) is 51.8 cm³/mol. The highest BCUT2D eigenvalue weighted by Gasteiger charge is 2.15. The number of Topliss-reactive ketones (excluding diaryl/α,β-unsaturated/α-hetero) is 1. The number of ether oxygens (including phenoxy) is 2. The van der Waals surface area contributed by atoms with Gasteiger partial charge in [-0.2, -0.15) is 0 Å². The van der Waals surface area contributed by atoms with Crippen molar-refractivity contribution >= 4 is 5.78 Å². The summed E-state index contributed by atoms with van der Waals surface area (Å²) in [4.78, 5) is 11.5. The van der Waals surface area contributed by atoms with Gasteiger partial charge in [0.25, 0.3) is 0 Å². The van der Waals surface area contributed by atoms with Crippen LogP contribution in [0.2, 0.25) is 0 Å². The van der Waals surface area contributed by atoms with Gasteiger partial charge in [-0.1, -0.05) is 0 Å². The quantitative estimate of drug-likeness (QED) is 0.675. The molecule has 1 aromatic carbocycles. The van der Waals surface area contributed by atoms with Crippen LogP contribution in [0.1, 0.15) is 15.9 Å². The van der Waals surface area contributed by atoms with Gasteiger partial charge >= 0.3 is 0 Å². The van der Waals surface area contributed by atoms with Crippen molar-refractivity contribution in [2.45, 2.75) is 6.42 Å². The zero-order valence-electron chi connectivity index (χ0n) is 8.08. The highest BCUT2D eigenvalue weighted by Crippen LogP contribution is 2.20. The van der Waals surface area contributed by atoms with Crippen molar-refractivity contribution in [2.24, 2.45) is 0 Å². The van der Waals surface area contributed by atoms with Gasteiger partial charge in [0.05, 0.1) is 13.7 Å². The van der Waals surface area contributed by atoms with Crippen LogP contribution in [-0.2, 0) is 11.2 Å². The fourth-order valence-electron chi connectivity index (χ4n) is 1.60. The maximum absolute atomic E-state index is 11.5. The second-order valence-electron chi connectivity index (χ2n) is 3.25. The van der Waals surface area contributed by atoms with Crippen molar-refractivity contribution in [3.8, 4) is 5.75 Å². The van der Waals surface area contributed by atoms with Gasteiger partial charge in [0.1, 0.15) is 12.4 Å². The Hall–Kier alpha value is -1.35. The van der Waals surface area contributed by atoms with Gasteiger partial charge in [-0.3, -0.25) is 4.79 Å². The molecule has 0 aliphatic carbocycles. The molecule has 0 radical (unpaired) electrons. The molecule has 0 spiro atoms. The van der Waals surface area contributed by atoms with E-state index in [1.54, 1.807) is 7.11 Å². The monoisotopic (exact) mass is 192 g/mol. The third-order valence-corrected chi connectivity index (χ3v) is 2.36. The van der Waals surface area contributed by atoms with E-state index in [-0.39, 0.29) is 12.4 Å². The van der Waals surface area contributed by atoms with E-state index in [1.165, 1.54) is 0 Å². The molecule has 14 heavy (non-hydrogen) atoms. The average Bonchev–Trinajstić information content (AvgIpc) is 2.40. The zero-order chi connectivity index (χ0) is 9.97. The van der Waals surface area contributed by atoms with Crippen LogP contribution in [0, 0.1) is 0 Å². The Morgan fingerprint density at radius 3 is 3.07 bits per heavy atom. The van der Waals surface area contributed by atoms with Gasteiger partial charge in [-0.25, -0.2) is 0 Å². The molecule has 0 fully saturated rings. The Morgan fingerprint density at radius 2 is 2.29 bits per heavy atom. The molecule has 0 atom stereocenters. The van der Waals surface area contributed by atoms with Crippen LogP contribution in [0.3, 0.4) is 0 Å². The number of methoxy groups -OCH3 is 1. The predicted octanol–water partition coefficient (Wildman–Crippen LogP) is 1.45. The summed E-state index contributed by atoms with van der Waals surface area (Å²) in [5, 5.41) is 0. The first-order chi connectivity index (χ1) is 6.81. The molecule has 0 bridgehead atoms. The minimum atomic E-state index is 0.0557. The van der Waals surface area contributed by atoms with Gasteiger partial charge in [0.15, 0.2) is 5.78 Å². The average molecular weight is 192 g/mol. The van der Waals surface area contributed by atoms with Gasteiger partial charge in [-0.05, 0) is 30.2 Å². The zero-order valence-corrected chi connectivity index (χ0v) is 8.08. The number of hydrogen-bond donors (Lipinski definition) is 0. The summed E-state index contributed by atoms with van der Waals surface area (Å²) in [5.74, 6) is 0.846. The van der Waals surface area contributed by atoms with E-state index in [0.717, 1.165) is 23.3 Å². The standard InChI is InChI=1S/C11H12O3/c1-13-9-2-3-10-8(6-9)4-5-14-7-11(10)12/h2-3,6H,4-5,7H2,1H3. The summed E-state index contributed by atoms with van der Waals surface area (Å²) in [5.41, 5.74) is 1.79. The molecular weight excluding hydrogens is 180 g/mol. The number of fused-ring (bicyclic) bond motifs is 1. The number of hydrogen-bond acceptors (Lipinski definition) is 3. The van der Waals surface area contributed by atoms with Crippen LogP contribution >= 0.6 is 0 Å². The lowest BCUT2D eigenvalue weighted by atomic mass is 10.0. The molecule has 0 unspecified atom stereocenters. The molecular formula is C11H12O3. The molecule has 0 amide bonds. The largest absolute Gasteiger partial charge is 0.497 e. The lowest BCUT2D eigenvalue weighted by Crippen LogP contribution is -2.06. The van der Waals surface area contributed by atoms with Gasteiger partial charge in [-0.15, -0.1) is 0 Å². The lowest BCUT2D eigenvalue weighted by molar-refractivity contribution is 0.0788. The number of carbonyl (C=O) groups is 1. The Bertz CT molecular complexity index is 358. The van der Waals surface area contributed by atoms with Crippen molar-refractivity contribution < 1.29 is 14.3 Å². The van der Waals surface area contributed by atoms with Gasteiger partial charge < -0.3 is 9.47 Å². The van der Waals surface area contributed by atoms with E-state index in [0.29, 0.717) is 6.61 Å². The summed E-state index contributed by atoms with van der Waals surface area (Å²) in [6.45, 7) is 0.797. The fourth-order valence-corrected chi connectivity index (χ4v) is 1.60. The van der Waals surface area contributed by atoms with Crippen molar-refractivity contribution in [3.05, 3.63) is 29.3 Å². The van der Waals surface area contributed by atoms with Crippen molar-refractivity contribution in [1.82, 2.24) is 0 Å². The highest BCUT2D eigenvalue weighted by molar-refractivity contribution is 5.98. The van der Waals surface area contributed by atoms with Crippen LogP contribution in [0.4, 0.5) is 0 Å². The summed E-state index contributed by atoms with van der Waals surface area (Å²) in [7, 11) is 1.62. The third kappa shape index (κ3) is 1.63. The van der Waals surface area contributed by atoms with Crippen LogP contribution in [0.25, 0.3) is 0 Å². The second kappa shape index (κ2) is 3.80. The Morgan fingerprint density at radius 1 is 1.43 bits per heavy atom. The van der Waals surface area contributed by atoms with E-state index in [1.807, 2.05) is 18.2 Å². The minimum absolute atomic E-state index is 0.0557. The molecule has 3 heteroatoms. The molecule has 0 aromatic heterocycles. The lowest BCUT2D eigenvalue weighted by Gasteiger charge is -2.05. The first-order valence-corrected chi connectivity index (χ1v) is 4.59. The molecule has 2 rings (SSSR count). The van der Waals surface area contributed by atoms with E-state index in [2.05, 4.69) is 0 Å². The first-order valence-electron chi connectivity index (χ1n) is 4.59. The molecule has 0 saturated heterocycles.